The Bertz CT molecular complexity index is 975. The molecule has 0 N–H and O–H groups in total. The number of halogens is 3. The number of benzene rings is 1. The number of carbonyl (C=O) groups is 1. The number of hydrogen-bond donors (Lipinski definition) is 0. The van der Waals surface area contributed by atoms with E-state index in [4.69, 9.17) is 0 Å². The van der Waals surface area contributed by atoms with Crippen molar-refractivity contribution in [3.63, 3.8) is 0 Å². The van der Waals surface area contributed by atoms with Gasteiger partial charge in [-0.25, -0.2) is 13.2 Å². The Hall–Kier alpha value is -3.23. The number of amides is 1. The van der Waals surface area contributed by atoms with Crippen molar-refractivity contribution in [3.05, 3.63) is 77.9 Å². The summed E-state index contributed by atoms with van der Waals surface area (Å²) < 4.78 is 43.1. The van der Waals surface area contributed by atoms with Gasteiger partial charge in [0.2, 0.25) is 0 Å². The number of carbonyl (C=O) groups excluding carboxylic acids is 1. The number of rotatable bonds is 4. The van der Waals surface area contributed by atoms with Crippen molar-refractivity contribution in [2.45, 2.75) is 24.9 Å². The highest BCUT2D eigenvalue weighted by Crippen LogP contribution is 2.41. The molecule has 2 aromatic heterocycles. The van der Waals surface area contributed by atoms with Crippen LogP contribution in [0.25, 0.3) is 0 Å². The first-order chi connectivity index (χ1) is 13.4. The molecule has 28 heavy (non-hydrogen) atoms. The van der Waals surface area contributed by atoms with Gasteiger partial charge in [0.15, 0.2) is 5.82 Å². The lowest BCUT2D eigenvalue weighted by molar-refractivity contribution is 0.0117. The van der Waals surface area contributed by atoms with E-state index in [1.54, 1.807) is 16.7 Å². The molecule has 144 valence electrons. The number of likely N-dealkylation sites (tertiary alicyclic amines) is 1. The van der Waals surface area contributed by atoms with Gasteiger partial charge in [0, 0.05) is 24.4 Å². The molecule has 0 bridgehead atoms. The van der Waals surface area contributed by atoms with E-state index in [9.17, 15) is 18.0 Å². The molecule has 6 nitrogen and oxygen atoms in total. The normalized spacial score (nSPS) is 18.4. The second kappa shape index (κ2) is 7.06. The molecule has 0 spiro atoms. The van der Waals surface area contributed by atoms with Gasteiger partial charge in [-0.1, -0.05) is 12.1 Å². The summed E-state index contributed by atoms with van der Waals surface area (Å²) in [4.78, 5) is 17.8. The fourth-order valence-electron chi connectivity index (χ4n) is 3.35. The molecule has 1 saturated heterocycles. The van der Waals surface area contributed by atoms with Crippen LogP contribution in [-0.2, 0) is 6.54 Å². The van der Waals surface area contributed by atoms with Crippen molar-refractivity contribution in [1.82, 2.24) is 24.6 Å². The summed E-state index contributed by atoms with van der Waals surface area (Å²) in [5.41, 5.74) is 1.04. The molecule has 0 radical (unpaired) electrons. The third-order valence-electron chi connectivity index (χ3n) is 4.67. The number of alkyl halides is 2. The summed E-state index contributed by atoms with van der Waals surface area (Å²) in [7, 11) is 0. The summed E-state index contributed by atoms with van der Waals surface area (Å²) in [6.45, 7) is -0.412. The molecule has 1 aromatic carbocycles. The predicted molar refractivity (Wildman–Crippen MR) is 93.1 cm³/mol. The van der Waals surface area contributed by atoms with Gasteiger partial charge in [-0.3, -0.25) is 9.78 Å². The van der Waals surface area contributed by atoms with Crippen molar-refractivity contribution < 1.29 is 18.0 Å². The monoisotopic (exact) mass is 387 g/mol. The molecule has 1 fully saturated rings. The lowest BCUT2D eigenvalue weighted by Crippen LogP contribution is -2.34. The summed E-state index contributed by atoms with van der Waals surface area (Å²) in [5, 5.41) is 7.84. The van der Waals surface area contributed by atoms with Gasteiger partial charge in [0.05, 0.1) is 19.1 Å². The zero-order valence-electron chi connectivity index (χ0n) is 14.7. The second-order valence-electron chi connectivity index (χ2n) is 6.69. The topological polar surface area (TPSA) is 63.9 Å². The standard InChI is InChI=1S/C19H16F3N5O/c20-15-3-1-13(2-4-15)10-26-12-24-25-17(26)16-9-19(21,22)11-27(16)18(28)14-5-7-23-8-6-14/h1-8,12,16H,9-11H2/t16-/m0/s1. The van der Waals surface area contributed by atoms with E-state index < -0.39 is 30.8 Å². The van der Waals surface area contributed by atoms with Crippen LogP contribution in [0.2, 0.25) is 0 Å². The Labute approximate surface area is 158 Å². The van der Waals surface area contributed by atoms with Crippen molar-refractivity contribution in [1.29, 1.82) is 0 Å². The largest absolute Gasteiger partial charge is 0.322 e. The van der Waals surface area contributed by atoms with Gasteiger partial charge in [0.25, 0.3) is 11.8 Å². The first kappa shape index (κ1) is 18.1. The zero-order valence-corrected chi connectivity index (χ0v) is 14.7. The third-order valence-corrected chi connectivity index (χ3v) is 4.67. The second-order valence-corrected chi connectivity index (χ2v) is 6.69. The van der Waals surface area contributed by atoms with E-state index in [0.29, 0.717) is 0 Å². The SMILES string of the molecule is O=C(c1ccncc1)N1CC(F)(F)C[C@H]1c1nncn1Cc1ccc(F)cc1. The molecule has 1 atom stereocenters. The smallest absolute Gasteiger partial charge is 0.267 e. The molecule has 3 aromatic rings. The molecule has 1 aliphatic rings. The van der Waals surface area contributed by atoms with E-state index in [0.717, 1.165) is 10.5 Å². The fraction of sp³-hybridized carbons (Fsp3) is 0.263. The summed E-state index contributed by atoms with van der Waals surface area (Å²) in [6.07, 6.45) is 3.76. The molecule has 1 amide bonds. The highest BCUT2D eigenvalue weighted by Gasteiger charge is 2.49. The molecule has 0 aliphatic carbocycles. The minimum absolute atomic E-state index is 0.268. The lowest BCUT2D eigenvalue weighted by Gasteiger charge is -2.23. The van der Waals surface area contributed by atoms with Crippen molar-refractivity contribution >= 4 is 5.91 Å². The van der Waals surface area contributed by atoms with Crippen LogP contribution in [0.4, 0.5) is 13.2 Å². The molecule has 1 aliphatic heterocycles. The quantitative estimate of drug-likeness (QED) is 0.690. The van der Waals surface area contributed by atoms with Crippen LogP contribution in [0.3, 0.4) is 0 Å². The van der Waals surface area contributed by atoms with E-state index >= 15 is 0 Å². The summed E-state index contributed by atoms with van der Waals surface area (Å²) >= 11 is 0. The zero-order chi connectivity index (χ0) is 19.7. The van der Waals surface area contributed by atoms with Crippen LogP contribution in [0.5, 0.6) is 0 Å². The van der Waals surface area contributed by atoms with Crippen LogP contribution >= 0.6 is 0 Å². The van der Waals surface area contributed by atoms with Gasteiger partial charge in [0.1, 0.15) is 12.1 Å². The van der Waals surface area contributed by atoms with Crippen LogP contribution in [0.15, 0.2) is 55.1 Å². The fourth-order valence-corrected chi connectivity index (χ4v) is 3.35. The number of aromatic nitrogens is 4. The maximum Gasteiger partial charge on any atom is 0.267 e. The summed E-state index contributed by atoms with van der Waals surface area (Å²) in [5.74, 6) is -3.64. The molecular weight excluding hydrogens is 371 g/mol. The van der Waals surface area contributed by atoms with Crippen LogP contribution in [0, 0.1) is 5.82 Å². The minimum atomic E-state index is -3.03. The Morgan fingerprint density at radius 1 is 1.14 bits per heavy atom. The van der Waals surface area contributed by atoms with Crippen LogP contribution < -0.4 is 0 Å². The molecule has 0 saturated carbocycles. The van der Waals surface area contributed by atoms with E-state index in [1.807, 2.05) is 0 Å². The van der Waals surface area contributed by atoms with E-state index in [1.165, 1.54) is 43.0 Å². The minimum Gasteiger partial charge on any atom is -0.322 e. The first-order valence-electron chi connectivity index (χ1n) is 8.64. The molecule has 3 heterocycles. The highest BCUT2D eigenvalue weighted by molar-refractivity contribution is 5.94. The van der Waals surface area contributed by atoms with Crippen LogP contribution in [-0.4, -0.2) is 43.0 Å². The van der Waals surface area contributed by atoms with Gasteiger partial charge < -0.3 is 9.47 Å². The molecule has 4 rings (SSSR count). The molecule has 0 unspecified atom stereocenters. The number of nitrogens with zero attached hydrogens (tertiary/aromatic N) is 5. The molecule has 9 heteroatoms. The molecular formula is C19H16F3N5O. The van der Waals surface area contributed by atoms with E-state index in [-0.39, 0.29) is 23.7 Å². The highest BCUT2D eigenvalue weighted by atomic mass is 19.3. The van der Waals surface area contributed by atoms with Crippen LogP contribution in [0.1, 0.15) is 34.2 Å². The Morgan fingerprint density at radius 3 is 2.57 bits per heavy atom. The van der Waals surface area contributed by atoms with Crippen molar-refractivity contribution in [2.24, 2.45) is 0 Å². The Morgan fingerprint density at radius 2 is 1.86 bits per heavy atom. The Balaban J connectivity index is 1.64. The number of hydrogen-bond acceptors (Lipinski definition) is 4. The number of pyridine rings is 1. The van der Waals surface area contributed by atoms with Gasteiger partial charge in [-0.05, 0) is 29.8 Å². The summed E-state index contributed by atoms with van der Waals surface area (Å²) in [6, 6.07) is 7.89. The first-order valence-corrected chi connectivity index (χ1v) is 8.64. The predicted octanol–water partition coefficient (Wildman–Crippen LogP) is 3.08. The lowest BCUT2D eigenvalue weighted by atomic mass is 10.1. The third kappa shape index (κ3) is 3.60. The van der Waals surface area contributed by atoms with E-state index in [2.05, 4.69) is 15.2 Å². The Kier molecular flexibility index (Phi) is 4.58. The van der Waals surface area contributed by atoms with Gasteiger partial charge >= 0.3 is 0 Å². The maximum atomic E-state index is 14.2. The van der Waals surface area contributed by atoms with Crippen molar-refractivity contribution in [2.75, 3.05) is 6.54 Å². The van der Waals surface area contributed by atoms with Crippen molar-refractivity contribution in [3.8, 4) is 0 Å². The van der Waals surface area contributed by atoms with Gasteiger partial charge in [-0.2, -0.15) is 0 Å². The average molecular weight is 387 g/mol. The maximum absolute atomic E-state index is 14.2. The average Bonchev–Trinajstić information content (AvgIpc) is 3.27. The van der Waals surface area contributed by atoms with Gasteiger partial charge in [-0.15, -0.1) is 10.2 Å².